The number of thioether (sulfide) groups is 1. The molecule has 0 radical (unpaired) electrons. The third kappa shape index (κ3) is 3.26. The van der Waals surface area contributed by atoms with E-state index in [0.29, 0.717) is 11.3 Å². The molecule has 1 aliphatic carbocycles. The van der Waals surface area contributed by atoms with Gasteiger partial charge in [0.05, 0.1) is 0 Å². The Balaban J connectivity index is 2.02. The molecule has 4 heteroatoms. The van der Waals surface area contributed by atoms with Gasteiger partial charge in [0.2, 0.25) is 0 Å². The molecule has 0 amide bonds. The smallest absolute Gasteiger partial charge is 0.167 e. The number of aromatic nitrogens is 2. The zero-order valence-electron chi connectivity index (χ0n) is 11.0. The fourth-order valence-electron chi connectivity index (χ4n) is 2.56. The van der Waals surface area contributed by atoms with Crippen LogP contribution in [0.25, 0.3) is 0 Å². The van der Waals surface area contributed by atoms with E-state index in [1.165, 1.54) is 19.3 Å². The molecular weight excluding hydrogens is 230 g/mol. The number of nitrogens with zero attached hydrogens (tertiary/aromatic N) is 2. The largest absolute Gasteiger partial charge is 0.329 e. The lowest BCUT2D eigenvalue weighted by molar-refractivity contribution is 0.320. The summed E-state index contributed by atoms with van der Waals surface area (Å²) in [5.41, 5.74) is 0. The number of aryl methyl sites for hydroxylation is 1. The summed E-state index contributed by atoms with van der Waals surface area (Å²) in [7, 11) is 2.07. The van der Waals surface area contributed by atoms with Crippen LogP contribution in [0.1, 0.15) is 33.1 Å². The topological polar surface area (TPSA) is 29.9 Å². The Morgan fingerprint density at radius 3 is 3.00 bits per heavy atom. The maximum absolute atomic E-state index is 4.43. The summed E-state index contributed by atoms with van der Waals surface area (Å²) >= 11 is 1.94. The highest BCUT2D eigenvalue weighted by Gasteiger charge is 2.29. The summed E-state index contributed by atoms with van der Waals surface area (Å²) in [6, 6.07) is 0.651. The van der Waals surface area contributed by atoms with Gasteiger partial charge in [-0.2, -0.15) is 0 Å². The van der Waals surface area contributed by atoms with E-state index in [-0.39, 0.29) is 0 Å². The molecule has 17 heavy (non-hydrogen) atoms. The van der Waals surface area contributed by atoms with Crippen molar-refractivity contribution in [2.45, 2.75) is 49.6 Å². The van der Waals surface area contributed by atoms with Gasteiger partial charge in [-0.05, 0) is 31.7 Å². The Morgan fingerprint density at radius 2 is 2.35 bits per heavy atom. The van der Waals surface area contributed by atoms with E-state index in [1.54, 1.807) is 0 Å². The van der Waals surface area contributed by atoms with Crippen LogP contribution in [0, 0.1) is 5.92 Å². The normalized spacial score (nSPS) is 29.5. The maximum Gasteiger partial charge on any atom is 0.167 e. The molecule has 96 valence electrons. The van der Waals surface area contributed by atoms with Crippen LogP contribution in [0.5, 0.6) is 0 Å². The monoisotopic (exact) mass is 253 g/mol. The first-order valence-corrected chi connectivity index (χ1v) is 7.46. The highest BCUT2D eigenvalue weighted by Crippen LogP contribution is 2.35. The molecule has 1 aromatic heterocycles. The van der Waals surface area contributed by atoms with E-state index in [1.807, 2.05) is 24.2 Å². The van der Waals surface area contributed by atoms with Gasteiger partial charge < -0.3 is 9.88 Å². The van der Waals surface area contributed by atoms with E-state index < -0.39 is 0 Å². The molecule has 1 N–H and O–H groups in total. The van der Waals surface area contributed by atoms with E-state index in [2.05, 4.69) is 35.8 Å². The van der Waals surface area contributed by atoms with Crippen molar-refractivity contribution in [1.82, 2.24) is 14.9 Å². The third-order valence-corrected chi connectivity index (χ3v) is 4.98. The molecule has 2 rings (SSSR count). The summed E-state index contributed by atoms with van der Waals surface area (Å²) in [5, 5.41) is 5.44. The zero-order valence-corrected chi connectivity index (χ0v) is 11.8. The predicted molar refractivity (Wildman–Crippen MR) is 73.3 cm³/mol. The molecule has 0 spiro atoms. The summed E-state index contributed by atoms with van der Waals surface area (Å²) in [6.45, 7) is 5.63. The fraction of sp³-hybridized carbons (Fsp3) is 0.769. The lowest BCUT2D eigenvalue weighted by Crippen LogP contribution is -2.42. The second kappa shape index (κ2) is 5.91. The standard InChI is InChI=1S/C13H23N3S/c1-4-14-11-6-5-10(2)9-12(11)17-13-15-7-8-16(13)3/h7-8,10-12,14H,4-6,9H2,1-3H3. The molecule has 1 fully saturated rings. The molecule has 1 aromatic rings. The quantitative estimate of drug-likeness (QED) is 0.894. The second-order valence-electron chi connectivity index (χ2n) is 5.06. The van der Waals surface area contributed by atoms with Gasteiger partial charge in [0.1, 0.15) is 0 Å². The fourth-order valence-corrected chi connectivity index (χ4v) is 4.00. The van der Waals surface area contributed by atoms with Gasteiger partial charge in [-0.1, -0.05) is 25.6 Å². The van der Waals surface area contributed by atoms with Crippen LogP contribution in [-0.4, -0.2) is 27.4 Å². The SMILES string of the molecule is CCNC1CCC(C)CC1Sc1nccn1C. The highest BCUT2D eigenvalue weighted by molar-refractivity contribution is 7.99. The first-order chi connectivity index (χ1) is 8.20. The van der Waals surface area contributed by atoms with Crippen molar-refractivity contribution in [3.05, 3.63) is 12.4 Å². The molecule has 3 atom stereocenters. The minimum atomic E-state index is 0.651. The predicted octanol–water partition coefficient (Wildman–Crippen LogP) is 2.68. The Kier molecular flexibility index (Phi) is 4.51. The van der Waals surface area contributed by atoms with Crippen LogP contribution in [0.2, 0.25) is 0 Å². The molecule has 0 saturated heterocycles. The number of imidazole rings is 1. The highest BCUT2D eigenvalue weighted by atomic mass is 32.2. The molecule has 0 aromatic carbocycles. The Morgan fingerprint density at radius 1 is 1.53 bits per heavy atom. The molecule has 3 unspecified atom stereocenters. The number of rotatable bonds is 4. The van der Waals surface area contributed by atoms with Gasteiger partial charge in [0, 0.05) is 30.7 Å². The summed E-state index contributed by atoms with van der Waals surface area (Å²) in [4.78, 5) is 4.43. The molecular formula is C13H23N3S. The molecule has 3 nitrogen and oxygen atoms in total. The van der Waals surface area contributed by atoms with Crippen LogP contribution < -0.4 is 5.32 Å². The van der Waals surface area contributed by atoms with Crippen molar-refractivity contribution in [3.8, 4) is 0 Å². The van der Waals surface area contributed by atoms with Gasteiger partial charge in [-0.3, -0.25) is 0 Å². The van der Waals surface area contributed by atoms with Gasteiger partial charge in [-0.15, -0.1) is 0 Å². The van der Waals surface area contributed by atoms with Crippen molar-refractivity contribution in [2.75, 3.05) is 6.54 Å². The summed E-state index contributed by atoms with van der Waals surface area (Å²) < 4.78 is 2.12. The van der Waals surface area contributed by atoms with Gasteiger partial charge >= 0.3 is 0 Å². The molecule has 0 aliphatic heterocycles. The minimum Gasteiger partial charge on any atom is -0.329 e. The Bertz CT molecular complexity index is 350. The van der Waals surface area contributed by atoms with Crippen LogP contribution in [0.4, 0.5) is 0 Å². The molecule has 1 heterocycles. The van der Waals surface area contributed by atoms with Crippen LogP contribution in [0.15, 0.2) is 17.6 Å². The molecule has 1 aliphatic rings. The van der Waals surface area contributed by atoms with Crippen molar-refractivity contribution in [1.29, 1.82) is 0 Å². The first-order valence-electron chi connectivity index (χ1n) is 6.58. The average Bonchev–Trinajstić information content (AvgIpc) is 2.69. The second-order valence-corrected chi connectivity index (χ2v) is 6.27. The van der Waals surface area contributed by atoms with Crippen LogP contribution >= 0.6 is 11.8 Å². The van der Waals surface area contributed by atoms with E-state index in [0.717, 1.165) is 17.6 Å². The molecule has 1 saturated carbocycles. The number of hydrogen-bond acceptors (Lipinski definition) is 3. The summed E-state index contributed by atoms with van der Waals surface area (Å²) in [6.07, 6.45) is 7.87. The van der Waals surface area contributed by atoms with Crippen molar-refractivity contribution in [2.24, 2.45) is 13.0 Å². The van der Waals surface area contributed by atoms with Crippen LogP contribution in [0.3, 0.4) is 0 Å². The van der Waals surface area contributed by atoms with Crippen LogP contribution in [-0.2, 0) is 7.05 Å². The average molecular weight is 253 g/mol. The number of nitrogens with one attached hydrogen (secondary N) is 1. The zero-order chi connectivity index (χ0) is 12.3. The van der Waals surface area contributed by atoms with Crippen molar-refractivity contribution < 1.29 is 0 Å². The minimum absolute atomic E-state index is 0.651. The van der Waals surface area contributed by atoms with Crippen molar-refractivity contribution >= 4 is 11.8 Å². The van der Waals surface area contributed by atoms with Gasteiger partial charge in [0.25, 0.3) is 0 Å². The van der Waals surface area contributed by atoms with E-state index in [9.17, 15) is 0 Å². The van der Waals surface area contributed by atoms with Gasteiger partial charge in [0.15, 0.2) is 5.16 Å². The lowest BCUT2D eigenvalue weighted by atomic mass is 9.87. The lowest BCUT2D eigenvalue weighted by Gasteiger charge is -2.34. The van der Waals surface area contributed by atoms with Crippen molar-refractivity contribution in [3.63, 3.8) is 0 Å². The van der Waals surface area contributed by atoms with E-state index >= 15 is 0 Å². The Labute approximate surface area is 108 Å². The molecule has 0 bridgehead atoms. The Hall–Kier alpha value is -0.480. The first kappa shape index (κ1) is 13.0. The summed E-state index contributed by atoms with van der Waals surface area (Å²) in [5.74, 6) is 0.850. The number of hydrogen-bond donors (Lipinski definition) is 1. The van der Waals surface area contributed by atoms with E-state index in [4.69, 9.17) is 0 Å². The maximum atomic E-state index is 4.43. The third-order valence-electron chi connectivity index (χ3n) is 3.55. The van der Waals surface area contributed by atoms with Gasteiger partial charge in [-0.25, -0.2) is 4.98 Å².